The predicted molar refractivity (Wildman–Crippen MR) is 101 cm³/mol. The molecule has 134 valence electrons. The molecule has 3 aromatic rings. The molecular weight excluding hydrogens is 328 g/mol. The molecule has 7 heteroatoms. The largest absolute Gasteiger partial charge is 0.354 e. The molecule has 0 amide bonds. The van der Waals surface area contributed by atoms with E-state index in [-0.39, 0.29) is 5.56 Å². The number of nitrogens with one attached hydrogen (secondary N) is 1. The van der Waals surface area contributed by atoms with Crippen molar-refractivity contribution in [3.8, 4) is 0 Å². The van der Waals surface area contributed by atoms with Gasteiger partial charge in [0.05, 0.1) is 11.0 Å². The third kappa shape index (κ3) is 3.43. The molecule has 26 heavy (non-hydrogen) atoms. The quantitative estimate of drug-likeness (QED) is 0.770. The molecule has 1 fully saturated rings. The van der Waals surface area contributed by atoms with Gasteiger partial charge in [-0.25, -0.2) is 9.97 Å². The summed E-state index contributed by atoms with van der Waals surface area (Å²) in [6, 6.07) is 5.88. The summed E-state index contributed by atoms with van der Waals surface area (Å²) in [7, 11) is 0. The predicted octanol–water partition coefficient (Wildman–Crippen LogP) is 1.60. The van der Waals surface area contributed by atoms with Crippen LogP contribution in [0.2, 0.25) is 0 Å². The molecule has 0 bridgehead atoms. The molecule has 0 spiro atoms. The van der Waals surface area contributed by atoms with Gasteiger partial charge in [0.2, 0.25) is 0 Å². The maximum absolute atomic E-state index is 12.0. The lowest BCUT2D eigenvalue weighted by atomic mass is 10.1. The molecule has 0 radical (unpaired) electrons. The van der Waals surface area contributed by atoms with Crippen molar-refractivity contribution < 1.29 is 0 Å². The maximum Gasteiger partial charge on any atom is 0.251 e. The molecule has 0 aromatic carbocycles. The maximum atomic E-state index is 12.0. The second kappa shape index (κ2) is 7.21. The van der Waals surface area contributed by atoms with Crippen LogP contribution in [-0.4, -0.2) is 51.0 Å². The number of rotatable bonds is 4. The van der Waals surface area contributed by atoms with Crippen molar-refractivity contribution in [2.75, 3.05) is 31.1 Å². The summed E-state index contributed by atoms with van der Waals surface area (Å²) in [6.45, 7) is 6.62. The van der Waals surface area contributed by atoms with Crippen LogP contribution in [0.3, 0.4) is 0 Å². The summed E-state index contributed by atoms with van der Waals surface area (Å²) in [5, 5.41) is 0. The molecule has 7 nitrogen and oxygen atoms in total. The Balaban J connectivity index is 1.44. The van der Waals surface area contributed by atoms with E-state index >= 15 is 0 Å². The molecule has 0 saturated carbocycles. The smallest absolute Gasteiger partial charge is 0.251 e. The summed E-state index contributed by atoms with van der Waals surface area (Å²) in [6.07, 6.45) is 6.00. The van der Waals surface area contributed by atoms with Gasteiger partial charge in [0.15, 0.2) is 0 Å². The van der Waals surface area contributed by atoms with Crippen LogP contribution in [0, 0.1) is 0 Å². The Kier molecular flexibility index (Phi) is 4.62. The van der Waals surface area contributed by atoms with E-state index in [9.17, 15) is 4.79 Å². The topological polar surface area (TPSA) is 78.0 Å². The zero-order valence-corrected chi connectivity index (χ0v) is 14.9. The Labute approximate surface area is 151 Å². The third-order valence-electron chi connectivity index (χ3n) is 4.88. The fraction of sp³-hybridized carbons (Fsp3) is 0.368. The summed E-state index contributed by atoms with van der Waals surface area (Å²) >= 11 is 0. The first-order chi connectivity index (χ1) is 12.7. The van der Waals surface area contributed by atoms with E-state index < -0.39 is 0 Å². The molecule has 0 aliphatic carbocycles. The third-order valence-corrected chi connectivity index (χ3v) is 4.88. The van der Waals surface area contributed by atoms with Crippen LogP contribution < -0.4 is 10.5 Å². The van der Waals surface area contributed by atoms with Gasteiger partial charge in [0, 0.05) is 50.7 Å². The fourth-order valence-corrected chi connectivity index (χ4v) is 3.38. The Morgan fingerprint density at radius 1 is 1.15 bits per heavy atom. The van der Waals surface area contributed by atoms with Gasteiger partial charge < -0.3 is 9.88 Å². The zero-order valence-electron chi connectivity index (χ0n) is 14.9. The lowest BCUT2D eigenvalue weighted by Crippen LogP contribution is -2.46. The van der Waals surface area contributed by atoms with E-state index in [0.717, 1.165) is 60.7 Å². The number of fused-ring (bicyclic) bond motifs is 1. The molecule has 4 rings (SSSR count). The van der Waals surface area contributed by atoms with E-state index in [0.29, 0.717) is 6.42 Å². The molecule has 3 aromatic heterocycles. The first-order valence-electron chi connectivity index (χ1n) is 8.97. The first-order valence-corrected chi connectivity index (χ1v) is 8.97. The van der Waals surface area contributed by atoms with Crippen molar-refractivity contribution in [1.29, 1.82) is 0 Å². The average molecular weight is 350 g/mol. The van der Waals surface area contributed by atoms with Gasteiger partial charge in [-0.15, -0.1) is 0 Å². The average Bonchev–Trinajstić information content (AvgIpc) is 2.69. The lowest BCUT2D eigenvalue weighted by molar-refractivity contribution is 0.249. The number of anilines is 1. The van der Waals surface area contributed by atoms with Gasteiger partial charge >= 0.3 is 0 Å². The number of nitrogens with zero attached hydrogens (tertiary/aromatic N) is 5. The minimum atomic E-state index is -0.0163. The highest BCUT2D eigenvalue weighted by molar-refractivity contribution is 5.74. The lowest BCUT2D eigenvalue weighted by Gasteiger charge is -2.35. The standard InChI is InChI=1S/C19H22N6O/c1-2-15-10-16-17(23-19(15)26)9-14(11-21-16)12-24-5-7-25(8-6-24)18-3-4-20-13-22-18/h3-4,9-11,13H,2,5-8,12H2,1H3,(H,23,26). The number of H-pyrrole nitrogens is 1. The molecule has 0 unspecified atom stereocenters. The summed E-state index contributed by atoms with van der Waals surface area (Å²) in [4.78, 5) is 32.5. The van der Waals surface area contributed by atoms with Gasteiger partial charge in [0.1, 0.15) is 12.1 Å². The van der Waals surface area contributed by atoms with Crippen molar-refractivity contribution in [1.82, 2.24) is 24.8 Å². The normalized spacial score (nSPS) is 15.5. The number of hydrogen-bond donors (Lipinski definition) is 1. The van der Waals surface area contributed by atoms with Crippen LogP contribution >= 0.6 is 0 Å². The van der Waals surface area contributed by atoms with E-state index in [1.165, 1.54) is 0 Å². The van der Waals surface area contributed by atoms with Crippen LogP contribution in [0.4, 0.5) is 5.82 Å². The van der Waals surface area contributed by atoms with Crippen LogP contribution in [0.5, 0.6) is 0 Å². The Hall–Kier alpha value is -2.80. The molecule has 1 saturated heterocycles. The number of piperazine rings is 1. The Morgan fingerprint density at radius 2 is 2.00 bits per heavy atom. The van der Waals surface area contributed by atoms with Crippen LogP contribution in [0.15, 0.2) is 41.7 Å². The highest BCUT2D eigenvalue weighted by atomic mass is 16.1. The summed E-state index contributed by atoms with van der Waals surface area (Å²) in [5.74, 6) is 0.983. The van der Waals surface area contributed by atoms with E-state index in [1.807, 2.05) is 31.3 Å². The Bertz CT molecular complexity index is 947. The van der Waals surface area contributed by atoms with Crippen molar-refractivity contribution in [2.45, 2.75) is 19.9 Å². The number of aromatic amines is 1. The zero-order chi connectivity index (χ0) is 17.9. The van der Waals surface area contributed by atoms with Crippen LogP contribution in [-0.2, 0) is 13.0 Å². The molecular formula is C19H22N6O. The number of aromatic nitrogens is 4. The molecule has 1 N–H and O–H groups in total. The second-order valence-corrected chi connectivity index (χ2v) is 6.58. The van der Waals surface area contributed by atoms with E-state index in [2.05, 4.69) is 29.7 Å². The summed E-state index contributed by atoms with van der Waals surface area (Å²) < 4.78 is 0. The van der Waals surface area contributed by atoms with E-state index in [4.69, 9.17) is 0 Å². The monoisotopic (exact) mass is 350 g/mol. The minimum Gasteiger partial charge on any atom is -0.354 e. The van der Waals surface area contributed by atoms with Crippen molar-refractivity contribution in [2.24, 2.45) is 0 Å². The molecule has 4 heterocycles. The minimum absolute atomic E-state index is 0.0163. The van der Waals surface area contributed by atoms with Gasteiger partial charge in [-0.05, 0) is 30.2 Å². The van der Waals surface area contributed by atoms with Crippen LogP contribution in [0.25, 0.3) is 11.0 Å². The summed E-state index contributed by atoms with van der Waals surface area (Å²) in [5.41, 5.74) is 3.53. The fourth-order valence-electron chi connectivity index (χ4n) is 3.38. The van der Waals surface area contributed by atoms with Crippen LogP contribution in [0.1, 0.15) is 18.1 Å². The Morgan fingerprint density at radius 3 is 2.73 bits per heavy atom. The van der Waals surface area contributed by atoms with Gasteiger partial charge in [-0.2, -0.15) is 0 Å². The number of hydrogen-bond acceptors (Lipinski definition) is 6. The van der Waals surface area contributed by atoms with Crippen molar-refractivity contribution in [3.63, 3.8) is 0 Å². The van der Waals surface area contributed by atoms with Gasteiger partial charge in [-0.1, -0.05) is 6.92 Å². The molecule has 0 atom stereocenters. The van der Waals surface area contributed by atoms with E-state index in [1.54, 1.807) is 12.5 Å². The van der Waals surface area contributed by atoms with Crippen molar-refractivity contribution in [3.05, 3.63) is 58.4 Å². The number of aryl methyl sites for hydroxylation is 1. The second-order valence-electron chi connectivity index (χ2n) is 6.58. The highest BCUT2D eigenvalue weighted by Crippen LogP contribution is 2.16. The number of pyridine rings is 2. The molecule has 1 aliphatic heterocycles. The van der Waals surface area contributed by atoms with Crippen molar-refractivity contribution >= 4 is 16.9 Å². The SMILES string of the molecule is CCc1cc2ncc(CN3CCN(c4ccncn4)CC3)cc2[nH]c1=O. The highest BCUT2D eigenvalue weighted by Gasteiger charge is 2.18. The van der Waals surface area contributed by atoms with Gasteiger partial charge in [-0.3, -0.25) is 14.7 Å². The first kappa shape index (κ1) is 16.7. The molecule has 1 aliphatic rings. The van der Waals surface area contributed by atoms with Gasteiger partial charge in [0.25, 0.3) is 5.56 Å².